The van der Waals surface area contributed by atoms with E-state index in [1.54, 1.807) is 6.07 Å². The van der Waals surface area contributed by atoms with E-state index in [0.29, 0.717) is 17.5 Å². The fourth-order valence-corrected chi connectivity index (χ4v) is 4.77. The van der Waals surface area contributed by atoms with Crippen LogP contribution in [0.25, 0.3) is 10.9 Å². The third kappa shape index (κ3) is 4.65. The van der Waals surface area contributed by atoms with Gasteiger partial charge >= 0.3 is 6.18 Å². The van der Waals surface area contributed by atoms with Gasteiger partial charge in [0.05, 0.1) is 17.1 Å². The number of aromatic nitrogens is 1. The number of fused-ring (bicyclic) bond motifs is 1. The van der Waals surface area contributed by atoms with Crippen LogP contribution in [0.2, 0.25) is 0 Å². The molecule has 2 aromatic carbocycles. The first-order chi connectivity index (χ1) is 15.7. The van der Waals surface area contributed by atoms with E-state index >= 15 is 0 Å². The highest BCUT2D eigenvalue weighted by atomic mass is 32.1. The number of hydrogen-bond acceptors (Lipinski definition) is 3. The number of aryl methyl sites for hydroxylation is 1. The Morgan fingerprint density at radius 1 is 1.06 bits per heavy atom. The minimum atomic E-state index is -4.91. The van der Waals surface area contributed by atoms with Crippen LogP contribution in [0.5, 0.6) is 0 Å². The maximum Gasteiger partial charge on any atom is 0.421 e. The number of halogens is 4. The van der Waals surface area contributed by atoms with Gasteiger partial charge in [-0.05, 0) is 71.5 Å². The van der Waals surface area contributed by atoms with Crippen molar-refractivity contribution in [2.75, 3.05) is 0 Å². The Kier molecular flexibility index (Phi) is 6.28. The summed E-state index contributed by atoms with van der Waals surface area (Å²) in [7, 11) is 0. The molecule has 0 aliphatic heterocycles. The number of hydrogen-bond donors (Lipinski definition) is 1. The molecule has 0 saturated heterocycles. The zero-order chi connectivity index (χ0) is 23.6. The van der Waals surface area contributed by atoms with Crippen molar-refractivity contribution in [3.63, 3.8) is 0 Å². The number of aliphatic hydroxyl groups is 1. The van der Waals surface area contributed by atoms with Crippen molar-refractivity contribution < 1.29 is 22.7 Å². The molecule has 3 nitrogen and oxygen atoms in total. The quantitative estimate of drug-likeness (QED) is 0.311. The number of nitrogens with zero attached hydrogens (tertiary/aromatic N) is 2. The van der Waals surface area contributed by atoms with Crippen LogP contribution in [-0.2, 0) is 18.6 Å². The molecule has 0 bridgehead atoms. The van der Waals surface area contributed by atoms with Crippen molar-refractivity contribution in [3.05, 3.63) is 93.6 Å². The van der Waals surface area contributed by atoms with E-state index in [4.69, 9.17) is 0 Å². The van der Waals surface area contributed by atoms with E-state index < -0.39 is 24.0 Å². The number of benzene rings is 2. The summed E-state index contributed by atoms with van der Waals surface area (Å²) < 4.78 is 58.0. The summed E-state index contributed by atoms with van der Waals surface area (Å²) in [4.78, 5) is 0. The fraction of sp³-hybridized carbons (Fsp3) is 0.240. The van der Waals surface area contributed by atoms with Gasteiger partial charge in [0.2, 0.25) is 0 Å². The summed E-state index contributed by atoms with van der Waals surface area (Å²) in [5.41, 5.74) is -1.21. The molecule has 0 amide bonds. The molecule has 1 unspecified atom stereocenters. The van der Waals surface area contributed by atoms with Crippen LogP contribution in [0.3, 0.4) is 0 Å². The van der Waals surface area contributed by atoms with Crippen molar-refractivity contribution in [1.29, 1.82) is 5.26 Å². The third-order valence-electron chi connectivity index (χ3n) is 5.75. The second kappa shape index (κ2) is 9.00. The van der Waals surface area contributed by atoms with Crippen LogP contribution in [0.15, 0.2) is 65.5 Å². The Bertz CT molecular complexity index is 1300. The summed E-state index contributed by atoms with van der Waals surface area (Å²) >= 11 is 1.47. The first-order valence-corrected chi connectivity index (χ1v) is 11.2. The van der Waals surface area contributed by atoms with E-state index in [1.807, 2.05) is 22.9 Å². The van der Waals surface area contributed by atoms with Crippen molar-refractivity contribution in [1.82, 2.24) is 4.57 Å². The van der Waals surface area contributed by atoms with Gasteiger partial charge in [0.1, 0.15) is 5.82 Å². The average molecular weight is 473 g/mol. The highest BCUT2D eigenvalue weighted by molar-refractivity contribution is 7.07. The topological polar surface area (TPSA) is 48.9 Å². The van der Waals surface area contributed by atoms with Gasteiger partial charge in [-0.15, -0.1) is 0 Å². The molecular weight excluding hydrogens is 452 g/mol. The van der Waals surface area contributed by atoms with Gasteiger partial charge < -0.3 is 9.67 Å². The van der Waals surface area contributed by atoms with E-state index in [2.05, 4.69) is 0 Å². The second-order valence-corrected chi connectivity index (χ2v) is 8.77. The normalized spacial score (nSPS) is 13.7. The predicted octanol–water partition coefficient (Wildman–Crippen LogP) is 6.53. The molecule has 33 heavy (non-hydrogen) atoms. The third-order valence-corrected chi connectivity index (χ3v) is 6.48. The Morgan fingerprint density at radius 2 is 1.88 bits per heavy atom. The lowest BCUT2D eigenvalue weighted by atomic mass is 9.87. The van der Waals surface area contributed by atoms with Crippen molar-refractivity contribution >= 4 is 22.2 Å². The first-order valence-electron chi connectivity index (χ1n) is 10.3. The van der Waals surface area contributed by atoms with Gasteiger partial charge in [0.25, 0.3) is 0 Å². The van der Waals surface area contributed by atoms with Gasteiger partial charge in [0.15, 0.2) is 5.60 Å². The van der Waals surface area contributed by atoms with Crippen LogP contribution in [0.4, 0.5) is 17.6 Å². The molecule has 2 aromatic heterocycles. The van der Waals surface area contributed by atoms with Crippen molar-refractivity contribution in [2.45, 2.75) is 37.6 Å². The summed E-state index contributed by atoms with van der Waals surface area (Å²) in [6.07, 6.45) is -3.59. The monoisotopic (exact) mass is 472 g/mol. The summed E-state index contributed by atoms with van der Waals surface area (Å²) in [6, 6.07) is 14.0. The zero-order valence-electron chi connectivity index (χ0n) is 17.4. The highest BCUT2D eigenvalue weighted by Gasteiger charge is 2.55. The summed E-state index contributed by atoms with van der Waals surface area (Å²) in [5, 5.41) is 24.3. The first kappa shape index (κ1) is 23.0. The number of rotatable bonds is 7. The molecule has 0 aliphatic rings. The Balaban J connectivity index is 1.78. The molecular formula is C25H20F4N2OS. The van der Waals surface area contributed by atoms with E-state index in [1.165, 1.54) is 58.5 Å². The molecule has 170 valence electrons. The van der Waals surface area contributed by atoms with E-state index in [9.17, 15) is 27.9 Å². The van der Waals surface area contributed by atoms with Gasteiger partial charge in [-0.3, -0.25) is 0 Å². The van der Waals surface area contributed by atoms with E-state index in [0.717, 1.165) is 5.56 Å². The lowest BCUT2D eigenvalue weighted by Gasteiger charge is -2.30. The Hall–Kier alpha value is -3.15. The molecule has 1 atom stereocenters. The SMILES string of the molecule is N#Cc1ccc2c(C(O)(CCCc3ccsc3)C(F)(F)F)cn(Cc3cccc(F)c3)c2c1. The van der Waals surface area contributed by atoms with Crippen molar-refractivity contribution in [3.8, 4) is 6.07 Å². The zero-order valence-corrected chi connectivity index (χ0v) is 18.3. The Morgan fingerprint density at radius 3 is 2.55 bits per heavy atom. The molecule has 8 heteroatoms. The number of alkyl halides is 3. The van der Waals surface area contributed by atoms with Crippen LogP contribution < -0.4 is 0 Å². The maximum absolute atomic E-state index is 14.3. The van der Waals surface area contributed by atoms with Crippen LogP contribution >= 0.6 is 11.3 Å². The minimum absolute atomic E-state index is 0.0893. The van der Waals surface area contributed by atoms with Gasteiger partial charge in [0, 0.05) is 23.7 Å². The molecule has 1 N–H and O–H groups in total. The molecule has 0 spiro atoms. The van der Waals surface area contributed by atoms with Gasteiger partial charge in [-0.25, -0.2) is 4.39 Å². The predicted molar refractivity (Wildman–Crippen MR) is 119 cm³/mol. The average Bonchev–Trinajstić information content (AvgIpc) is 3.41. The molecule has 4 rings (SSSR count). The van der Waals surface area contributed by atoms with Crippen LogP contribution in [-0.4, -0.2) is 15.8 Å². The highest BCUT2D eigenvalue weighted by Crippen LogP contribution is 2.46. The summed E-state index contributed by atoms with van der Waals surface area (Å²) in [6.45, 7) is 0.0893. The van der Waals surface area contributed by atoms with E-state index in [-0.39, 0.29) is 29.5 Å². The second-order valence-electron chi connectivity index (χ2n) is 7.99. The molecule has 2 heterocycles. The maximum atomic E-state index is 14.3. The lowest BCUT2D eigenvalue weighted by molar-refractivity contribution is -0.269. The van der Waals surface area contributed by atoms with Gasteiger partial charge in [-0.2, -0.15) is 29.8 Å². The number of nitriles is 1. The molecule has 4 aromatic rings. The molecule has 0 aliphatic carbocycles. The van der Waals surface area contributed by atoms with Crippen LogP contribution in [0, 0.1) is 17.1 Å². The molecule has 0 fully saturated rings. The largest absolute Gasteiger partial charge is 0.421 e. The van der Waals surface area contributed by atoms with Gasteiger partial charge in [-0.1, -0.05) is 18.2 Å². The summed E-state index contributed by atoms with van der Waals surface area (Å²) in [5.74, 6) is -0.456. The minimum Gasteiger partial charge on any atom is -0.376 e. The van der Waals surface area contributed by atoms with Crippen molar-refractivity contribution in [2.24, 2.45) is 0 Å². The fourth-order valence-electron chi connectivity index (χ4n) is 4.07. The van der Waals surface area contributed by atoms with Crippen LogP contribution in [0.1, 0.15) is 35.1 Å². The standard InChI is InChI=1S/C25H20F4N2OS/c26-20-5-1-3-19(11-20)14-31-15-22(21-7-6-18(13-30)12-23(21)31)24(32,25(27,28)29)9-2-4-17-8-10-33-16-17/h1,3,5-8,10-12,15-16,32H,2,4,9,14H2. The molecule has 0 radical (unpaired) electrons. The molecule has 0 saturated carbocycles. The number of thiophene rings is 1. The Labute approximate surface area is 192 Å². The lowest BCUT2D eigenvalue weighted by Crippen LogP contribution is -2.42. The smallest absolute Gasteiger partial charge is 0.376 e.